The van der Waals surface area contributed by atoms with Crippen molar-refractivity contribution in [3.05, 3.63) is 45.7 Å². The zero-order valence-electron chi connectivity index (χ0n) is 12.1. The summed E-state index contributed by atoms with van der Waals surface area (Å²) in [6, 6.07) is 8.72. The second-order valence-corrected chi connectivity index (χ2v) is 5.87. The first-order chi connectivity index (χ1) is 10.1. The van der Waals surface area contributed by atoms with Crippen LogP contribution in [0.15, 0.2) is 40.1 Å². The summed E-state index contributed by atoms with van der Waals surface area (Å²) in [5.41, 5.74) is 3.62. The Morgan fingerprint density at radius 1 is 1.14 bits per heavy atom. The summed E-state index contributed by atoms with van der Waals surface area (Å²) < 4.78 is 0.866. The van der Waals surface area contributed by atoms with Crippen molar-refractivity contribution >= 4 is 35.5 Å². The molecule has 5 nitrogen and oxygen atoms in total. The van der Waals surface area contributed by atoms with Gasteiger partial charge in [0.25, 0.3) is 5.91 Å². The fourth-order valence-electron chi connectivity index (χ4n) is 1.46. The highest BCUT2D eigenvalue weighted by Crippen LogP contribution is 2.27. The molecule has 21 heavy (non-hydrogen) atoms. The van der Waals surface area contributed by atoms with E-state index in [9.17, 15) is 9.59 Å². The summed E-state index contributed by atoms with van der Waals surface area (Å²) in [4.78, 5) is 28.4. The van der Waals surface area contributed by atoms with Crippen LogP contribution in [0.2, 0.25) is 0 Å². The maximum Gasteiger partial charge on any atom is 0.345 e. The van der Waals surface area contributed by atoms with E-state index >= 15 is 0 Å². The lowest BCUT2D eigenvalue weighted by molar-refractivity contribution is -0.116. The highest BCUT2D eigenvalue weighted by Gasteiger charge is 2.13. The number of amides is 3. The van der Waals surface area contributed by atoms with E-state index in [4.69, 9.17) is 4.84 Å². The fraction of sp³-hybridized carbons (Fsp3) is 0.286. The molecule has 0 radical (unpaired) electrons. The van der Waals surface area contributed by atoms with Crippen molar-refractivity contribution in [2.45, 2.75) is 13.5 Å². The van der Waals surface area contributed by atoms with Crippen LogP contribution in [0.25, 0.3) is 0 Å². The summed E-state index contributed by atoms with van der Waals surface area (Å²) in [7, 11) is 0. The van der Waals surface area contributed by atoms with E-state index in [1.165, 1.54) is 23.5 Å². The number of nitrogens with one attached hydrogen (secondary N) is 2. The van der Waals surface area contributed by atoms with Crippen LogP contribution < -0.4 is 10.8 Å². The van der Waals surface area contributed by atoms with Crippen LogP contribution in [0, 0.1) is 0 Å². The van der Waals surface area contributed by atoms with Gasteiger partial charge in [-0.1, -0.05) is 30.3 Å². The number of thioether (sulfide) groups is 2. The summed E-state index contributed by atoms with van der Waals surface area (Å²) in [5, 5.41) is 2.22. The van der Waals surface area contributed by atoms with E-state index in [2.05, 4.69) is 10.8 Å². The lowest BCUT2D eigenvalue weighted by Gasteiger charge is -2.09. The molecule has 2 N–H and O–H groups in total. The highest BCUT2D eigenvalue weighted by atomic mass is 32.2. The van der Waals surface area contributed by atoms with Gasteiger partial charge in [-0.2, -0.15) is 0 Å². The zero-order chi connectivity index (χ0) is 15.7. The van der Waals surface area contributed by atoms with Crippen LogP contribution in [-0.2, 0) is 16.2 Å². The molecule has 114 valence electrons. The van der Waals surface area contributed by atoms with Gasteiger partial charge in [0.1, 0.15) is 0 Å². The molecule has 0 atom stereocenters. The molecular weight excluding hydrogens is 308 g/mol. The lowest BCUT2D eigenvalue weighted by atomic mass is 10.2. The van der Waals surface area contributed by atoms with Crippen LogP contribution in [0.1, 0.15) is 12.5 Å². The second-order valence-electron chi connectivity index (χ2n) is 3.98. The third kappa shape index (κ3) is 6.24. The molecule has 0 aliphatic carbocycles. The molecule has 1 aromatic carbocycles. The van der Waals surface area contributed by atoms with E-state index in [1.54, 1.807) is 6.92 Å². The summed E-state index contributed by atoms with van der Waals surface area (Å²) in [6.45, 7) is 1.91. The Bertz CT molecular complexity index is 512. The van der Waals surface area contributed by atoms with Gasteiger partial charge in [-0.15, -0.1) is 23.5 Å². The Morgan fingerprint density at radius 3 is 2.33 bits per heavy atom. The average molecular weight is 326 g/mol. The number of carbonyl (C=O) groups excluding carboxylic acids is 2. The largest absolute Gasteiger partial charge is 0.345 e. The Kier molecular flexibility index (Phi) is 7.96. The summed E-state index contributed by atoms with van der Waals surface area (Å²) in [6.07, 6.45) is 3.76. The number of carbonyl (C=O) groups is 2. The number of benzene rings is 1. The molecule has 0 unspecified atom stereocenters. The van der Waals surface area contributed by atoms with E-state index in [1.807, 2.05) is 42.8 Å². The lowest BCUT2D eigenvalue weighted by Crippen LogP contribution is -2.39. The zero-order valence-corrected chi connectivity index (χ0v) is 13.8. The van der Waals surface area contributed by atoms with Gasteiger partial charge < -0.3 is 0 Å². The number of imide groups is 1. The fourth-order valence-corrected chi connectivity index (χ4v) is 2.93. The van der Waals surface area contributed by atoms with Crippen molar-refractivity contribution in [2.75, 3.05) is 12.5 Å². The molecule has 0 aliphatic heterocycles. The molecular formula is C14H18N2O3S2. The molecule has 7 heteroatoms. The molecule has 0 heterocycles. The smallest absolute Gasteiger partial charge is 0.272 e. The topological polar surface area (TPSA) is 67.4 Å². The van der Waals surface area contributed by atoms with Gasteiger partial charge in [0.2, 0.25) is 0 Å². The van der Waals surface area contributed by atoms with Gasteiger partial charge in [-0.3, -0.25) is 14.9 Å². The molecule has 0 aromatic heterocycles. The molecule has 0 aliphatic rings. The van der Waals surface area contributed by atoms with Gasteiger partial charge in [0, 0.05) is 9.81 Å². The van der Waals surface area contributed by atoms with Crippen LogP contribution in [0.4, 0.5) is 4.79 Å². The molecule has 0 saturated heterocycles. The number of hydrogen-bond acceptors (Lipinski definition) is 5. The average Bonchev–Trinajstić information content (AvgIpc) is 2.49. The standard InChI is InChI=1S/C14H18N2O3S2/c1-10(13(20-2)21-3)12(17)15-14(18)16-19-9-11-7-5-4-6-8-11/h4-8H,9H2,1-3H3,(H2,15,16,17,18). The molecule has 0 bridgehead atoms. The quantitative estimate of drug-likeness (QED) is 0.621. The van der Waals surface area contributed by atoms with Gasteiger partial charge in [0.15, 0.2) is 0 Å². The normalized spacial score (nSPS) is 9.86. The minimum absolute atomic E-state index is 0.234. The Morgan fingerprint density at radius 2 is 1.76 bits per heavy atom. The Balaban J connectivity index is 2.40. The van der Waals surface area contributed by atoms with Crippen molar-refractivity contribution in [3.8, 4) is 0 Å². The maximum atomic E-state index is 11.8. The first kappa shape index (κ1) is 17.6. The van der Waals surface area contributed by atoms with Gasteiger partial charge >= 0.3 is 6.03 Å². The predicted molar refractivity (Wildman–Crippen MR) is 87.6 cm³/mol. The molecule has 0 fully saturated rings. The van der Waals surface area contributed by atoms with E-state index in [0.717, 1.165) is 9.80 Å². The minimum atomic E-state index is -0.683. The Labute approximate surface area is 132 Å². The van der Waals surface area contributed by atoms with Crippen molar-refractivity contribution in [3.63, 3.8) is 0 Å². The second kappa shape index (κ2) is 9.49. The summed E-state index contributed by atoms with van der Waals surface area (Å²) in [5.74, 6) is -0.436. The Hall–Kier alpha value is -1.44. The first-order valence-corrected chi connectivity index (χ1v) is 8.59. The maximum absolute atomic E-state index is 11.8. The van der Waals surface area contributed by atoms with E-state index < -0.39 is 11.9 Å². The molecule has 1 aromatic rings. The monoisotopic (exact) mass is 326 g/mol. The molecule has 0 saturated carbocycles. The van der Waals surface area contributed by atoms with Crippen LogP contribution in [0.3, 0.4) is 0 Å². The third-order valence-corrected chi connectivity index (χ3v) is 4.85. The number of urea groups is 1. The van der Waals surface area contributed by atoms with E-state index in [-0.39, 0.29) is 6.61 Å². The molecule has 1 rings (SSSR count). The van der Waals surface area contributed by atoms with Crippen molar-refractivity contribution in [2.24, 2.45) is 0 Å². The third-order valence-electron chi connectivity index (χ3n) is 2.49. The highest BCUT2D eigenvalue weighted by molar-refractivity contribution is 8.21. The molecule has 3 amide bonds. The van der Waals surface area contributed by atoms with Crippen molar-refractivity contribution in [1.82, 2.24) is 10.8 Å². The minimum Gasteiger partial charge on any atom is -0.272 e. The van der Waals surface area contributed by atoms with Crippen molar-refractivity contribution < 1.29 is 14.4 Å². The van der Waals surface area contributed by atoms with Crippen LogP contribution in [-0.4, -0.2) is 24.4 Å². The number of hydrogen-bond donors (Lipinski definition) is 2. The van der Waals surface area contributed by atoms with Crippen molar-refractivity contribution in [1.29, 1.82) is 0 Å². The van der Waals surface area contributed by atoms with Crippen LogP contribution in [0.5, 0.6) is 0 Å². The number of rotatable bonds is 6. The van der Waals surface area contributed by atoms with E-state index in [0.29, 0.717) is 5.57 Å². The SMILES string of the molecule is CSC(SC)=C(C)C(=O)NC(=O)NOCc1ccccc1. The van der Waals surface area contributed by atoms with Gasteiger partial charge in [0.05, 0.1) is 6.61 Å². The predicted octanol–water partition coefficient (Wildman–Crippen LogP) is 2.90. The summed E-state index contributed by atoms with van der Waals surface area (Å²) >= 11 is 2.93. The first-order valence-electron chi connectivity index (χ1n) is 6.14. The molecule has 0 spiro atoms. The van der Waals surface area contributed by atoms with Gasteiger partial charge in [-0.05, 0) is 25.0 Å². The van der Waals surface area contributed by atoms with Crippen LogP contribution >= 0.6 is 23.5 Å². The number of hydroxylamine groups is 1. The van der Waals surface area contributed by atoms with Gasteiger partial charge in [-0.25, -0.2) is 10.3 Å².